The van der Waals surface area contributed by atoms with Gasteiger partial charge >= 0.3 is 6.09 Å². The molecular weight excluding hydrogens is 582 g/mol. The fourth-order valence-electron chi connectivity index (χ4n) is 5.08. The molecule has 2 aromatic heterocycles. The lowest BCUT2D eigenvalue weighted by atomic mass is 10.0. The summed E-state index contributed by atoms with van der Waals surface area (Å²) in [6, 6.07) is 15.5. The molecule has 0 radical (unpaired) electrons. The number of benzene rings is 2. The first-order valence-electron chi connectivity index (χ1n) is 15.7. The lowest BCUT2D eigenvalue weighted by molar-refractivity contribution is -0.124. The SMILES string of the molecule is COC(=O)NC(C(=O)NCc1ncc(-c2ccc(-c3ccc(-c4cnc(C(NC(=O)CC(C)C)C(C)C)[nH]4)cc3)cc2)[nH]1)C(C)C. The maximum Gasteiger partial charge on any atom is 0.407 e. The topological polar surface area (TPSA) is 154 Å². The molecule has 11 heteroatoms. The summed E-state index contributed by atoms with van der Waals surface area (Å²) in [5.41, 5.74) is 5.83. The molecule has 0 saturated carbocycles. The Balaban J connectivity index is 1.38. The van der Waals surface area contributed by atoms with Crippen molar-refractivity contribution in [3.63, 3.8) is 0 Å². The highest BCUT2D eigenvalue weighted by Crippen LogP contribution is 2.28. The molecule has 0 fully saturated rings. The second kappa shape index (κ2) is 15.4. The summed E-state index contributed by atoms with van der Waals surface area (Å²) in [5, 5.41) is 8.51. The highest BCUT2D eigenvalue weighted by molar-refractivity contribution is 5.85. The van der Waals surface area contributed by atoms with Gasteiger partial charge in [0.05, 0.1) is 43.5 Å². The van der Waals surface area contributed by atoms with Crippen LogP contribution in [-0.2, 0) is 20.9 Å². The Morgan fingerprint density at radius 1 is 0.739 bits per heavy atom. The second-order valence-corrected chi connectivity index (χ2v) is 12.5. The summed E-state index contributed by atoms with van der Waals surface area (Å²) in [5.74, 6) is 1.44. The number of hydrogen-bond donors (Lipinski definition) is 5. The van der Waals surface area contributed by atoms with Crippen LogP contribution in [0.25, 0.3) is 33.6 Å². The smallest absolute Gasteiger partial charge is 0.407 e. The number of alkyl carbamates (subject to hydrolysis) is 1. The van der Waals surface area contributed by atoms with Crippen LogP contribution in [-0.4, -0.2) is 51.0 Å². The minimum absolute atomic E-state index is 0.0325. The first-order valence-corrected chi connectivity index (χ1v) is 15.7. The van der Waals surface area contributed by atoms with Crippen molar-refractivity contribution in [2.45, 2.75) is 66.6 Å². The summed E-state index contributed by atoms with van der Waals surface area (Å²) < 4.78 is 4.63. The van der Waals surface area contributed by atoms with Gasteiger partial charge < -0.3 is 30.7 Å². The van der Waals surface area contributed by atoms with E-state index in [1.807, 2.05) is 46.0 Å². The normalized spacial score (nSPS) is 12.7. The highest BCUT2D eigenvalue weighted by atomic mass is 16.5. The molecule has 0 saturated heterocycles. The lowest BCUT2D eigenvalue weighted by Gasteiger charge is -2.21. The first-order chi connectivity index (χ1) is 21.9. The van der Waals surface area contributed by atoms with E-state index >= 15 is 0 Å². The molecule has 4 rings (SSSR count). The van der Waals surface area contributed by atoms with Crippen LogP contribution in [0, 0.1) is 17.8 Å². The van der Waals surface area contributed by atoms with Gasteiger partial charge in [-0.05, 0) is 40.0 Å². The molecule has 2 unspecified atom stereocenters. The van der Waals surface area contributed by atoms with Crippen LogP contribution in [0.5, 0.6) is 0 Å². The van der Waals surface area contributed by atoms with Crippen molar-refractivity contribution >= 4 is 17.9 Å². The van der Waals surface area contributed by atoms with Crippen molar-refractivity contribution in [2.24, 2.45) is 17.8 Å². The van der Waals surface area contributed by atoms with E-state index in [-0.39, 0.29) is 36.2 Å². The molecule has 4 aromatic rings. The largest absolute Gasteiger partial charge is 0.453 e. The van der Waals surface area contributed by atoms with Gasteiger partial charge in [-0.3, -0.25) is 9.59 Å². The van der Waals surface area contributed by atoms with Gasteiger partial charge in [0.1, 0.15) is 17.7 Å². The van der Waals surface area contributed by atoms with Crippen molar-refractivity contribution in [2.75, 3.05) is 7.11 Å². The van der Waals surface area contributed by atoms with Crippen LogP contribution in [0.15, 0.2) is 60.9 Å². The third-order valence-electron chi connectivity index (χ3n) is 7.66. The average molecular weight is 628 g/mol. The van der Waals surface area contributed by atoms with Crippen LogP contribution < -0.4 is 16.0 Å². The minimum Gasteiger partial charge on any atom is -0.453 e. The molecule has 0 spiro atoms. The van der Waals surface area contributed by atoms with Crippen molar-refractivity contribution in [1.29, 1.82) is 0 Å². The number of aromatic nitrogens is 4. The molecule has 3 amide bonds. The van der Waals surface area contributed by atoms with Gasteiger partial charge in [-0.25, -0.2) is 14.8 Å². The Hall–Kier alpha value is -4.93. The van der Waals surface area contributed by atoms with E-state index in [1.165, 1.54) is 7.11 Å². The van der Waals surface area contributed by atoms with E-state index < -0.39 is 12.1 Å². The fourth-order valence-corrected chi connectivity index (χ4v) is 5.08. The predicted molar refractivity (Wildman–Crippen MR) is 178 cm³/mol. The molecule has 0 aliphatic carbocycles. The van der Waals surface area contributed by atoms with E-state index in [0.29, 0.717) is 18.2 Å². The van der Waals surface area contributed by atoms with E-state index in [9.17, 15) is 14.4 Å². The van der Waals surface area contributed by atoms with E-state index in [4.69, 9.17) is 0 Å². The van der Waals surface area contributed by atoms with Crippen molar-refractivity contribution in [1.82, 2.24) is 35.9 Å². The van der Waals surface area contributed by atoms with Crippen molar-refractivity contribution < 1.29 is 19.1 Å². The quantitative estimate of drug-likeness (QED) is 0.123. The Morgan fingerprint density at radius 3 is 1.80 bits per heavy atom. The Bertz CT molecular complexity index is 1600. The first kappa shape index (κ1) is 34.0. The van der Waals surface area contributed by atoms with Crippen LogP contribution in [0.1, 0.15) is 65.7 Å². The van der Waals surface area contributed by atoms with Gasteiger partial charge in [-0.1, -0.05) is 90.1 Å². The summed E-state index contributed by atoms with van der Waals surface area (Å²) in [6.45, 7) is 12.1. The van der Waals surface area contributed by atoms with Gasteiger partial charge in [0, 0.05) is 6.42 Å². The van der Waals surface area contributed by atoms with E-state index in [0.717, 1.165) is 39.5 Å². The van der Waals surface area contributed by atoms with Crippen molar-refractivity contribution in [3.8, 4) is 33.6 Å². The number of aromatic amines is 2. The number of carbonyl (C=O) groups excluding carboxylic acids is 3. The van der Waals surface area contributed by atoms with Crippen LogP contribution >= 0.6 is 0 Å². The molecule has 2 aromatic carbocycles. The third kappa shape index (κ3) is 8.83. The third-order valence-corrected chi connectivity index (χ3v) is 7.66. The number of rotatable bonds is 13. The summed E-state index contributed by atoms with van der Waals surface area (Å²) in [4.78, 5) is 52.3. The molecular formula is C35H45N7O4. The molecule has 0 aliphatic heterocycles. The molecule has 2 heterocycles. The zero-order valence-corrected chi connectivity index (χ0v) is 27.6. The Kier molecular flexibility index (Phi) is 11.3. The van der Waals surface area contributed by atoms with E-state index in [1.54, 1.807) is 6.20 Å². The zero-order valence-electron chi connectivity index (χ0n) is 27.6. The minimum atomic E-state index is -0.716. The van der Waals surface area contributed by atoms with Gasteiger partial charge in [0.2, 0.25) is 11.8 Å². The molecule has 2 atom stereocenters. The number of nitrogens with zero attached hydrogens (tertiary/aromatic N) is 2. The van der Waals surface area contributed by atoms with Crippen LogP contribution in [0.3, 0.4) is 0 Å². The van der Waals surface area contributed by atoms with Gasteiger partial charge in [0.25, 0.3) is 0 Å². The monoisotopic (exact) mass is 627 g/mol. The maximum atomic E-state index is 12.6. The number of H-pyrrole nitrogens is 2. The second-order valence-electron chi connectivity index (χ2n) is 12.5. The van der Waals surface area contributed by atoms with Gasteiger partial charge in [-0.15, -0.1) is 0 Å². The number of carbonyl (C=O) groups is 3. The molecule has 244 valence electrons. The Morgan fingerprint density at radius 2 is 1.28 bits per heavy atom. The molecule has 0 aliphatic rings. The van der Waals surface area contributed by atoms with Crippen LogP contribution in [0.4, 0.5) is 4.79 Å². The molecule has 46 heavy (non-hydrogen) atoms. The number of methoxy groups -OCH3 is 1. The fraction of sp³-hybridized carbons (Fsp3) is 0.400. The predicted octanol–water partition coefficient (Wildman–Crippen LogP) is 5.99. The molecule has 0 bridgehead atoms. The molecule has 11 nitrogen and oxygen atoms in total. The summed E-state index contributed by atoms with van der Waals surface area (Å²) >= 11 is 0. The van der Waals surface area contributed by atoms with Crippen LogP contribution in [0.2, 0.25) is 0 Å². The zero-order chi connectivity index (χ0) is 33.4. The summed E-state index contributed by atoms with van der Waals surface area (Å²) in [7, 11) is 1.26. The van der Waals surface area contributed by atoms with Crippen molar-refractivity contribution in [3.05, 3.63) is 72.6 Å². The van der Waals surface area contributed by atoms with E-state index in [2.05, 4.69) is 90.9 Å². The number of imidazole rings is 2. The Labute approximate surface area is 270 Å². The number of hydrogen-bond acceptors (Lipinski definition) is 6. The lowest BCUT2D eigenvalue weighted by Crippen LogP contribution is -2.49. The highest BCUT2D eigenvalue weighted by Gasteiger charge is 2.25. The number of amides is 3. The molecule has 5 N–H and O–H groups in total. The number of nitrogens with one attached hydrogen (secondary N) is 5. The maximum absolute atomic E-state index is 12.6. The summed E-state index contributed by atoms with van der Waals surface area (Å²) in [6.07, 6.45) is 3.38. The number of ether oxygens (including phenoxy) is 1. The standard InChI is InChI=1S/C35H45N7O4/c1-20(2)16-30(43)41-31(21(3)4)33-37-18-28(40-33)26-14-10-24(11-15-26)23-8-12-25(13-9-23)27-17-36-29(39-27)19-38-34(44)32(22(5)6)42-35(45)46-7/h8-15,17-18,20-22,31-32H,16,19H2,1-7H3,(H,36,39)(H,37,40)(H,38,44)(H,41,43)(H,42,45). The average Bonchev–Trinajstić information content (AvgIpc) is 3.71. The van der Waals surface area contributed by atoms with Gasteiger partial charge in [-0.2, -0.15) is 0 Å². The van der Waals surface area contributed by atoms with Gasteiger partial charge in [0.15, 0.2) is 0 Å².